The van der Waals surface area contributed by atoms with E-state index in [2.05, 4.69) is 6.92 Å². The summed E-state index contributed by atoms with van der Waals surface area (Å²) in [6, 6.07) is 2.03. The molecule has 0 radical (unpaired) electrons. The first kappa shape index (κ1) is 16.0. The molecule has 1 aromatic rings. The molecule has 1 unspecified atom stereocenters. The van der Waals surface area contributed by atoms with Gasteiger partial charge in [-0.15, -0.1) is 11.3 Å². The van der Waals surface area contributed by atoms with Crippen LogP contribution in [0.25, 0.3) is 0 Å². The quantitative estimate of drug-likeness (QED) is 0.908. The van der Waals surface area contributed by atoms with Gasteiger partial charge in [-0.05, 0) is 50.7 Å². The van der Waals surface area contributed by atoms with E-state index < -0.39 is 5.97 Å². The molecule has 1 aromatic heterocycles. The Morgan fingerprint density at radius 1 is 1.48 bits per heavy atom. The van der Waals surface area contributed by atoms with Crippen molar-refractivity contribution in [1.29, 1.82) is 0 Å². The Bertz CT molecular complexity index is 536. The number of carboxylic acids is 1. The number of aliphatic carboxylic acids is 1. The van der Waals surface area contributed by atoms with Gasteiger partial charge in [0.2, 0.25) is 0 Å². The van der Waals surface area contributed by atoms with E-state index in [9.17, 15) is 9.59 Å². The number of carbonyl (C=O) groups is 2. The van der Waals surface area contributed by atoms with Crippen molar-refractivity contribution in [1.82, 2.24) is 4.90 Å². The topological polar surface area (TPSA) is 57.6 Å². The van der Waals surface area contributed by atoms with Crippen LogP contribution in [0, 0.1) is 5.92 Å². The van der Waals surface area contributed by atoms with Crippen LogP contribution >= 0.6 is 11.3 Å². The van der Waals surface area contributed by atoms with Crippen LogP contribution in [0.3, 0.4) is 0 Å². The highest BCUT2D eigenvalue weighted by Crippen LogP contribution is 2.32. The average Bonchev–Trinajstić information content (AvgIpc) is 2.80. The second-order valence-electron chi connectivity index (χ2n) is 6.14. The van der Waals surface area contributed by atoms with E-state index in [1.54, 1.807) is 16.2 Å². The van der Waals surface area contributed by atoms with Crippen LogP contribution in [-0.2, 0) is 17.6 Å². The van der Waals surface area contributed by atoms with Crippen molar-refractivity contribution in [2.24, 2.45) is 5.92 Å². The van der Waals surface area contributed by atoms with Crippen molar-refractivity contribution in [3.8, 4) is 0 Å². The molecule has 0 aromatic carbocycles. The van der Waals surface area contributed by atoms with Gasteiger partial charge in [-0.1, -0.05) is 6.92 Å². The van der Waals surface area contributed by atoms with Crippen LogP contribution in [0.2, 0.25) is 0 Å². The van der Waals surface area contributed by atoms with E-state index in [4.69, 9.17) is 5.11 Å². The maximum absolute atomic E-state index is 12.6. The lowest BCUT2D eigenvalue weighted by Gasteiger charge is -2.25. The largest absolute Gasteiger partial charge is 0.481 e. The number of fused-ring (bicyclic) bond motifs is 1. The molecule has 1 amide bonds. The summed E-state index contributed by atoms with van der Waals surface area (Å²) < 4.78 is 0. The van der Waals surface area contributed by atoms with E-state index in [-0.39, 0.29) is 24.9 Å². The Kier molecular flexibility index (Phi) is 5.04. The number of carboxylic acid groups (broad SMARTS) is 1. The highest BCUT2D eigenvalue weighted by Gasteiger charge is 2.25. The number of nitrogens with zero attached hydrogens (tertiary/aromatic N) is 1. The predicted octanol–water partition coefficient (Wildman–Crippen LogP) is 3.20. The molecule has 21 heavy (non-hydrogen) atoms. The number of carbonyl (C=O) groups excluding carboxylic acids is 1. The molecule has 0 bridgehead atoms. The molecule has 1 N–H and O–H groups in total. The van der Waals surface area contributed by atoms with Gasteiger partial charge < -0.3 is 10.0 Å². The molecule has 1 aliphatic rings. The fourth-order valence-corrected chi connectivity index (χ4v) is 3.93. The number of thiophene rings is 1. The Labute approximate surface area is 129 Å². The second-order valence-corrected chi connectivity index (χ2v) is 7.28. The molecule has 116 valence electrons. The van der Waals surface area contributed by atoms with Gasteiger partial charge in [-0.3, -0.25) is 9.59 Å². The van der Waals surface area contributed by atoms with Crippen LogP contribution in [0.15, 0.2) is 6.07 Å². The van der Waals surface area contributed by atoms with Gasteiger partial charge in [-0.25, -0.2) is 0 Å². The summed E-state index contributed by atoms with van der Waals surface area (Å²) in [6.45, 7) is 6.37. The zero-order valence-corrected chi connectivity index (χ0v) is 13.7. The first-order chi connectivity index (χ1) is 9.88. The summed E-state index contributed by atoms with van der Waals surface area (Å²) in [5.41, 5.74) is 1.31. The lowest BCUT2D eigenvalue weighted by molar-refractivity contribution is -0.137. The third kappa shape index (κ3) is 3.84. The molecule has 0 spiro atoms. The maximum Gasteiger partial charge on any atom is 0.305 e. The van der Waals surface area contributed by atoms with E-state index >= 15 is 0 Å². The van der Waals surface area contributed by atoms with Gasteiger partial charge >= 0.3 is 5.97 Å². The third-order valence-corrected chi connectivity index (χ3v) is 5.22. The lowest BCUT2D eigenvalue weighted by Crippen LogP contribution is -2.38. The fraction of sp³-hybridized carbons (Fsp3) is 0.625. The SMILES string of the molecule is CC1CCc2sc(C(=O)N(CCC(=O)O)C(C)C)cc2C1. The van der Waals surface area contributed by atoms with Crippen molar-refractivity contribution in [3.63, 3.8) is 0 Å². The van der Waals surface area contributed by atoms with E-state index in [1.807, 2.05) is 19.9 Å². The molecule has 1 heterocycles. The lowest BCUT2D eigenvalue weighted by atomic mass is 9.90. The predicted molar refractivity (Wildman–Crippen MR) is 83.9 cm³/mol. The number of rotatable bonds is 5. The van der Waals surface area contributed by atoms with E-state index in [1.165, 1.54) is 16.9 Å². The van der Waals surface area contributed by atoms with Gasteiger partial charge in [-0.2, -0.15) is 0 Å². The smallest absolute Gasteiger partial charge is 0.305 e. The first-order valence-corrected chi connectivity index (χ1v) is 8.34. The number of hydrogen-bond acceptors (Lipinski definition) is 3. The standard InChI is InChI=1S/C16H23NO3S/c1-10(2)17(7-6-15(18)19)16(20)14-9-12-8-11(3)4-5-13(12)21-14/h9-11H,4-8H2,1-3H3,(H,18,19). The van der Waals surface area contributed by atoms with Crippen molar-refractivity contribution in [3.05, 3.63) is 21.4 Å². The van der Waals surface area contributed by atoms with Gasteiger partial charge in [0, 0.05) is 17.5 Å². The Morgan fingerprint density at radius 2 is 2.19 bits per heavy atom. The van der Waals surface area contributed by atoms with Crippen LogP contribution in [0.1, 0.15) is 53.7 Å². The monoisotopic (exact) mass is 309 g/mol. The minimum Gasteiger partial charge on any atom is -0.481 e. The van der Waals surface area contributed by atoms with Crippen molar-refractivity contribution < 1.29 is 14.7 Å². The second kappa shape index (κ2) is 6.60. The van der Waals surface area contributed by atoms with Crippen LogP contribution in [0.5, 0.6) is 0 Å². The minimum absolute atomic E-state index is 0.00789. The average molecular weight is 309 g/mol. The fourth-order valence-electron chi connectivity index (χ4n) is 2.76. The Balaban J connectivity index is 2.15. The van der Waals surface area contributed by atoms with Gasteiger partial charge in [0.1, 0.15) is 0 Å². The van der Waals surface area contributed by atoms with Crippen molar-refractivity contribution in [2.75, 3.05) is 6.54 Å². The number of amides is 1. The van der Waals surface area contributed by atoms with Crippen LogP contribution in [-0.4, -0.2) is 34.5 Å². The summed E-state index contributed by atoms with van der Waals surface area (Å²) in [4.78, 5) is 27.1. The Hall–Kier alpha value is -1.36. The van der Waals surface area contributed by atoms with Crippen molar-refractivity contribution in [2.45, 2.75) is 52.5 Å². The summed E-state index contributed by atoms with van der Waals surface area (Å²) in [6.07, 6.45) is 3.29. The van der Waals surface area contributed by atoms with Crippen LogP contribution in [0.4, 0.5) is 0 Å². The molecule has 0 saturated heterocycles. The zero-order valence-electron chi connectivity index (χ0n) is 12.9. The highest BCUT2D eigenvalue weighted by atomic mass is 32.1. The summed E-state index contributed by atoms with van der Waals surface area (Å²) >= 11 is 1.59. The highest BCUT2D eigenvalue weighted by molar-refractivity contribution is 7.14. The number of hydrogen-bond donors (Lipinski definition) is 1. The molecule has 1 aliphatic carbocycles. The van der Waals surface area contributed by atoms with Crippen molar-refractivity contribution >= 4 is 23.2 Å². The molecular weight excluding hydrogens is 286 g/mol. The molecule has 2 rings (SSSR count). The number of aryl methyl sites for hydroxylation is 1. The third-order valence-electron chi connectivity index (χ3n) is 3.99. The summed E-state index contributed by atoms with van der Waals surface area (Å²) in [5, 5.41) is 8.82. The molecular formula is C16H23NO3S. The van der Waals surface area contributed by atoms with Gasteiger partial charge in [0.25, 0.3) is 5.91 Å². The molecule has 0 saturated carbocycles. The molecule has 4 nitrogen and oxygen atoms in total. The Morgan fingerprint density at radius 3 is 2.81 bits per heavy atom. The molecule has 0 aliphatic heterocycles. The van der Waals surface area contributed by atoms with E-state index in [0.717, 1.165) is 17.7 Å². The van der Waals surface area contributed by atoms with Crippen LogP contribution < -0.4 is 0 Å². The van der Waals surface area contributed by atoms with Gasteiger partial charge in [0.15, 0.2) is 0 Å². The maximum atomic E-state index is 12.6. The first-order valence-electron chi connectivity index (χ1n) is 7.52. The zero-order chi connectivity index (χ0) is 15.6. The molecule has 5 heteroatoms. The van der Waals surface area contributed by atoms with E-state index in [0.29, 0.717) is 5.92 Å². The minimum atomic E-state index is -0.868. The normalized spacial score (nSPS) is 17.6. The molecule has 1 atom stereocenters. The summed E-state index contributed by atoms with van der Waals surface area (Å²) in [7, 11) is 0. The molecule has 0 fully saturated rings. The van der Waals surface area contributed by atoms with Gasteiger partial charge in [0.05, 0.1) is 11.3 Å². The summed E-state index contributed by atoms with van der Waals surface area (Å²) in [5.74, 6) is -0.214.